The summed E-state index contributed by atoms with van der Waals surface area (Å²) in [5.74, 6) is 0.297. The summed E-state index contributed by atoms with van der Waals surface area (Å²) >= 11 is 0. The molecule has 1 fully saturated rings. The second kappa shape index (κ2) is 7.19. The highest BCUT2D eigenvalue weighted by molar-refractivity contribution is 5.82. The van der Waals surface area contributed by atoms with E-state index in [0.29, 0.717) is 24.5 Å². The molecular weight excluding hydrogens is 294 g/mol. The average molecular weight is 313 g/mol. The highest BCUT2D eigenvalue weighted by atomic mass is 16.5. The molecule has 1 aromatic heterocycles. The third kappa shape index (κ3) is 3.84. The molecule has 1 atom stereocenters. The number of ether oxygens (including phenoxy) is 1. The van der Waals surface area contributed by atoms with Crippen LogP contribution in [0.4, 0.5) is 0 Å². The number of likely N-dealkylation sites (tertiary alicyclic amines) is 1. The lowest BCUT2D eigenvalue weighted by molar-refractivity contribution is -0.142. The average Bonchev–Trinajstić information content (AvgIpc) is 2.63. The smallest absolute Gasteiger partial charge is 0.256 e. The van der Waals surface area contributed by atoms with Crippen LogP contribution >= 0.6 is 0 Å². The monoisotopic (exact) mass is 313 g/mol. The predicted octanol–water partition coefficient (Wildman–Crippen LogP) is 1.58. The summed E-state index contributed by atoms with van der Waals surface area (Å²) in [6.45, 7) is 1.14. The number of aromatic nitrogens is 2. The van der Waals surface area contributed by atoms with Crippen molar-refractivity contribution < 1.29 is 14.6 Å². The maximum absolute atomic E-state index is 12.4. The number of hydrogen-bond acceptors (Lipinski definition) is 5. The van der Waals surface area contributed by atoms with Crippen LogP contribution in [-0.4, -0.2) is 45.1 Å². The normalized spacial score (nSPS) is 16.8. The predicted molar refractivity (Wildman–Crippen MR) is 83.7 cm³/mol. The molecule has 3 rings (SSSR count). The van der Waals surface area contributed by atoms with Crippen molar-refractivity contribution in [1.29, 1.82) is 0 Å². The number of piperidine rings is 1. The number of carbonyl (C=O) groups excluding carboxylic acids is 1. The molecule has 0 saturated carbocycles. The van der Waals surface area contributed by atoms with E-state index in [1.807, 2.05) is 18.2 Å². The second-order valence-corrected chi connectivity index (χ2v) is 5.50. The molecule has 2 aromatic rings. The number of benzene rings is 1. The van der Waals surface area contributed by atoms with Gasteiger partial charge in [-0.05, 0) is 5.56 Å². The van der Waals surface area contributed by atoms with Gasteiger partial charge in [-0.15, -0.1) is 0 Å². The number of nitrogens with zero attached hydrogens (tertiary/aromatic N) is 3. The largest absolute Gasteiger partial charge is 0.474 e. The van der Waals surface area contributed by atoms with Gasteiger partial charge in [0, 0.05) is 38.2 Å². The van der Waals surface area contributed by atoms with Crippen molar-refractivity contribution in [2.24, 2.45) is 0 Å². The molecule has 0 radical (unpaired) electrons. The summed E-state index contributed by atoms with van der Waals surface area (Å²) in [5.41, 5.74) is 0.622. The molecule has 1 N–H and O–H groups in total. The molecule has 0 spiro atoms. The number of rotatable bonds is 4. The van der Waals surface area contributed by atoms with Gasteiger partial charge in [0.25, 0.3) is 5.91 Å². The molecule has 0 aliphatic carbocycles. The van der Waals surface area contributed by atoms with Gasteiger partial charge in [0.05, 0.1) is 0 Å². The van der Waals surface area contributed by atoms with Gasteiger partial charge < -0.3 is 14.7 Å². The topological polar surface area (TPSA) is 75.5 Å². The van der Waals surface area contributed by atoms with Crippen LogP contribution in [0.2, 0.25) is 0 Å². The van der Waals surface area contributed by atoms with Crippen LogP contribution in [-0.2, 0) is 4.79 Å². The van der Waals surface area contributed by atoms with Crippen LogP contribution in [0.3, 0.4) is 0 Å². The van der Waals surface area contributed by atoms with Crippen molar-refractivity contribution in [2.45, 2.75) is 25.0 Å². The molecule has 6 nitrogen and oxygen atoms in total. The van der Waals surface area contributed by atoms with E-state index in [9.17, 15) is 9.90 Å². The lowest BCUT2D eigenvalue weighted by Crippen LogP contribution is -2.43. The zero-order valence-corrected chi connectivity index (χ0v) is 12.7. The Bertz CT molecular complexity index is 628. The molecule has 1 saturated heterocycles. The van der Waals surface area contributed by atoms with Crippen molar-refractivity contribution in [3.63, 3.8) is 0 Å². The maximum atomic E-state index is 12.4. The van der Waals surface area contributed by atoms with Gasteiger partial charge in [-0.1, -0.05) is 30.3 Å². The molecule has 1 aromatic carbocycles. The minimum atomic E-state index is -1.10. The van der Waals surface area contributed by atoms with Gasteiger partial charge in [0.15, 0.2) is 6.10 Å². The molecule has 1 unspecified atom stereocenters. The van der Waals surface area contributed by atoms with Crippen LogP contribution in [0.1, 0.15) is 24.5 Å². The Hall–Kier alpha value is -2.47. The van der Waals surface area contributed by atoms with E-state index in [2.05, 4.69) is 9.97 Å². The summed E-state index contributed by atoms with van der Waals surface area (Å²) in [6, 6.07) is 10.7. The van der Waals surface area contributed by atoms with Crippen LogP contribution in [0.5, 0.6) is 5.88 Å². The first-order valence-electron chi connectivity index (χ1n) is 7.68. The van der Waals surface area contributed by atoms with E-state index in [-0.39, 0.29) is 12.0 Å². The zero-order chi connectivity index (χ0) is 16.1. The first-order valence-corrected chi connectivity index (χ1v) is 7.68. The minimum Gasteiger partial charge on any atom is -0.474 e. The van der Waals surface area contributed by atoms with Gasteiger partial charge >= 0.3 is 0 Å². The van der Waals surface area contributed by atoms with Gasteiger partial charge in [0.1, 0.15) is 12.4 Å². The Morgan fingerprint density at radius 3 is 2.61 bits per heavy atom. The van der Waals surface area contributed by atoms with Gasteiger partial charge in [0.2, 0.25) is 5.88 Å². The summed E-state index contributed by atoms with van der Waals surface area (Å²) in [6.07, 6.45) is 3.45. The summed E-state index contributed by atoms with van der Waals surface area (Å²) < 4.78 is 5.78. The van der Waals surface area contributed by atoms with Crippen LogP contribution in [0.15, 0.2) is 48.9 Å². The molecule has 2 heterocycles. The molecular formula is C17H19N3O3. The van der Waals surface area contributed by atoms with Crippen molar-refractivity contribution in [1.82, 2.24) is 14.9 Å². The molecule has 1 aliphatic heterocycles. The van der Waals surface area contributed by atoms with Crippen LogP contribution < -0.4 is 4.74 Å². The fourth-order valence-electron chi connectivity index (χ4n) is 2.66. The Balaban J connectivity index is 1.53. The number of amides is 1. The van der Waals surface area contributed by atoms with E-state index in [4.69, 9.17) is 4.74 Å². The molecule has 1 amide bonds. The first-order chi connectivity index (χ1) is 11.2. The number of aliphatic hydroxyl groups is 1. The van der Waals surface area contributed by atoms with Crippen molar-refractivity contribution in [3.8, 4) is 5.88 Å². The Labute approximate surface area is 134 Å². The molecule has 1 aliphatic rings. The first kappa shape index (κ1) is 15.4. The Kier molecular flexibility index (Phi) is 4.83. The summed E-state index contributed by atoms with van der Waals surface area (Å²) in [4.78, 5) is 22.0. The van der Waals surface area contributed by atoms with Gasteiger partial charge in [-0.25, -0.2) is 9.97 Å². The highest BCUT2D eigenvalue weighted by Crippen LogP contribution is 2.21. The molecule has 120 valence electrons. The molecule has 0 bridgehead atoms. The maximum Gasteiger partial charge on any atom is 0.256 e. The zero-order valence-electron chi connectivity index (χ0n) is 12.7. The SMILES string of the molecule is O=C(C(O)c1ccccc1)N1CCC(Oc2ccncn2)CC1. The van der Waals surface area contributed by atoms with Gasteiger partial charge in [-0.3, -0.25) is 4.79 Å². The number of hydrogen-bond donors (Lipinski definition) is 1. The van der Waals surface area contributed by atoms with Crippen molar-refractivity contribution in [3.05, 3.63) is 54.5 Å². The Morgan fingerprint density at radius 2 is 1.96 bits per heavy atom. The lowest BCUT2D eigenvalue weighted by Gasteiger charge is -2.33. The van der Waals surface area contributed by atoms with Gasteiger partial charge in [-0.2, -0.15) is 0 Å². The van der Waals surface area contributed by atoms with Crippen LogP contribution in [0.25, 0.3) is 0 Å². The van der Waals surface area contributed by atoms with E-state index < -0.39 is 6.10 Å². The lowest BCUT2D eigenvalue weighted by atomic mass is 10.0. The second-order valence-electron chi connectivity index (χ2n) is 5.50. The summed E-state index contributed by atoms with van der Waals surface area (Å²) in [7, 11) is 0. The highest BCUT2D eigenvalue weighted by Gasteiger charge is 2.28. The molecule has 23 heavy (non-hydrogen) atoms. The van der Waals surface area contributed by atoms with E-state index in [1.165, 1.54) is 6.33 Å². The fraction of sp³-hybridized carbons (Fsp3) is 0.353. The van der Waals surface area contributed by atoms with E-state index in [0.717, 1.165) is 12.8 Å². The summed E-state index contributed by atoms with van der Waals surface area (Å²) in [5, 5.41) is 10.2. The fourth-order valence-corrected chi connectivity index (χ4v) is 2.66. The standard InChI is InChI=1S/C17H19N3O3/c21-16(13-4-2-1-3-5-13)17(22)20-10-7-14(8-11-20)23-15-6-9-18-12-19-15/h1-6,9,12,14,16,21H,7-8,10-11H2. The number of carbonyl (C=O) groups is 1. The van der Waals surface area contributed by atoms with E-state index >= 15 is 0 Å². The van der Waals surface area contributed by atoms with Crippen molar-refractivity contribution in [2.75, 3.05) is 13.1 Å². The quantitative estimate of drug-likeness (QED) is 0.927. The number of aliphatic hydroxyl groups excluding tert-OH is 1. The Morgan fingerprint density at radius 1 is 1.22 bits per heavy atom. The van der Waals surface area contributed by atoms with E-state index in [1.54, 1.807) is 29.3 Å². The van der Waals surface area contributed by atoms with Crippen LogP contribution in [0, 0.1) is 0 Å². The third-order valence-electron chi connectivity index (χ3n) is 3.95. The third-order valence-corrected chi connectivity index (χ3v) is 3.95. The molecule has 6 heteroatoms. The van der Waals surface area contributed by atoms with Crippen molar-refractivity contribution >= 4 is 5.91 Å². The minimum absolute atomic E-state index is 0.0304.